The van der Waals surface area contributed by atoms with Gasteiger partial charge in [0.2, 0.25) is 0 Å². The predicted molar refractivity (Wildman–Crippen MR) is 117 cm³/mol. The average Bonchev–Trinajstić information content (AvgIpc) is 3.08. The van der Waals surface area contributed by atoms with Gasteiger partial charge in [-0.15, -0.1) is 0 Å². The van der Waals surface area contributed by atoms with E-state index in [1.807, 2.05) is 0 Å². The first-order valence-electron chi connectivity index (χ1n) is 10.6. The molecule has 0 saturated carbocycles. The van der Waals surface area contributed by atoms with E-state index in [2.05, 4.69) is 24.1 Å². The summed E-state index contributed by atoms with van der Waals surface area (Å²) in [6.45, 7) is 5.98. The zero-order valence-corrected chi connectivity index (χ0v) is 17.7. The molecule has 7 heteroatoms. The van der Waals surface area contributed by atoms with Gasteiger partial charge >= 0.3 is 0 Å². The van der Waals surface area contributed by atoms with Crippen molar-refractivity contribution < 1.29 is 8.78 Å². The van der Waals surface area contributed by atoms with E-state index in [0.717, 1.165) is 12.8 Å². The summed E-state index contributed by atoms with van der Waals surface area (Å²) in [5.74, 6) is -1.07. The van der Waals surface area contributed by atoms with Gasteiger partial charge in [-0.3, -0.25) is 4.79 Å². The summed E-state index contributed by atoms with van der Waals surface area (Å²) in [4.78, 5) is 17.3. The van der Waals surface area contributed by atoms with Crippen molar-refractivity contribution in [1.82, 2.24) is 19.3 Å². The van der Waals surface area contributed by atoms with Crippen molar-refractivity contribution in [3.05, 3.63) is 70.5 Å². The quantitative estimate of drug-likeness (QED) is 0.514. The van der Waals surface area contributed by atoms with Gasteiger partial charge in [0.1, 0.15) is 5.82 Å². The highest BCUT2D eigenvalue weighted by atomic mass is 19.1. The number of pyridine rings is 2. The second kappa shape index (κ2) is 7.27. The summed E-state index contributed by atoms with van der Waals surface area (Å²) < 4.78 is 32.9. The third kappa shape index (κ3) is 3.43. The molecule has 0 radical (unpaired) electrons. The minimum atomic E-state index is -0.593. The maximum Gasteiger partial charge on any atom is 0.261 e. The SMILES string of the molecule is Cc1cn2cc(-c3cc(F)c4c(=O)n(C5C[C@@H](C)N[C@@H](C)C5)ccc4c3)cc(F)c2n1. The molecule has 1 aliphatic heterocycles. The van der Waals surface area contributed by atoms with Crippen LogP contribution in [0.4, 0.5) is 8.78 Å². The van der Waals surface area contributed by atoms with Gasteiger partial charge in [0.05, 0.1) is 11.1 Å². The molecular formula is C24H24F2N4O. The normalized spacial score (nSPS) is 21.8. The summed E-state index contributed by atoms with van der Waals surface area (Å²) in [5, 5.41) is 4.05. The Morgan fingerprint density at radius 3 is 2.48 bits per heavy atom. The summed E-state index contributed by atoms with van der Waals surface area (Å²) >= 11 is 0. The number of imidazole rings is 1. The predicted octanol–water partition coefficient (Wildman–Crippen LogP) is 4.60. The van der Waals surface area contributed by atoms with Crippen LogP contribution in [0.25, 0.3) is 27.5 Å². The number of hydrogen-bond acceptors (Lipinski definition) is 3. The van der Waals surface area contributed by atoms with Crippen molar-refractivity contribution in [3.63, 3.8) is 0 Å². The fraction of sp³-hybridized carbons (Fsp3) is 0.333. The van der Waals surface area contributed by atoms with Crippen molar-refractivity contribution in [3.8, 4) is 11.1 Å². The van der Waals surface area contributed by atoms with Crippen LogP contribution in [0.2, 0.25) is 0 Å². The molecule has 4 heterocycles. The molecule has 1 fully saturated rings. The van der Waals surface area contributed by atoms with Gasteiger partial charge in [-0.05, 0) is 68.8 Å². The van der Waals surface area contributed by atoms with Crippen LogP contribution in [0.1, 0.15) is 38.4 Å². The molecule has 0 amide bonds. The van der Waals surface area contributed by atoms with Crippen LogP contribution in [-0.2, 0) is 0 Å². The third-order valence-electron chi connectivity index (χ3n) is 6.16. The van der Waals surface area contributed by atoms with Crippen molar-refractivity contribution in [2.24, 2.45) is 0 Å². The molecule has 4 aromatic rings. The number of halogens is 2. The molecule has 0 bridgehead atoms. The van der Waals surface area contributed by atoms with E-state index < -0.39 is 11.6 Å². The van der Waals surface area contributed by atoms with Gasteiger partial charge in [-0.25, -0.2) is 13.8 Å². The Hall–Kier alpha value is -3.06. The van der Waals surface area contributed by atoms with E-state index >= 15 is 4.39 Å². The average molecular weight is 422 g/mol. The maximum absolute atomic E-state index is 15.2. The minimum absolute atomic E-state index is 0.0308. The Balaban J connectivity index is 1.62. The molecule has 1 saturated heterocycles. The number of hydrogen-bond donors (Lipinski definition) is 1. The first-order chi connectivity index (χ1) is 14.8. The lowest BCUT2D eigenvalue weighted by Crippen LogP contribution is -2.44. The Morgan fingerprint density at radius 1 is 1.03 bits per heavy atom. The third-order valence-corrected chi connectivity index (χ3v) is 6.16. The van der Waals surface area contributed by atoms with Crippen molar-refractivity contribution in [2.45, 2.75) is 51.7 Å². The lowest BCUT2D eigenvalue weighted by molar-refractivity contribution is 0.260. The highest BCUT2D eigenvalue weighted by molar-refractivity contribution is 5.87. The van der Waals surface area contributed by atoms with Crippen LogP contribution >= 0.6 is 0 Å². The Bertz CT molecular complexity index is 1360. The summed E-state index contributed by atoms with van der Waals surface area (Å²) in [6, 6.07) is 6.79. The van der Waals surface area contributed by atoms with Gasteiger partial charge in [0.25, 0.3) is 5.56 Å². The number of rotatable bonds is 2. The number of nitrogens with one attached hydrogen (secondary N) is 1. The van der Waals surface area contributed by atoms with Crippen LogP contribution in [0.15, 0.2) is 47.7 Å². The number of piperidine rings is 1. The van der Waals surface area contributed by atoms with Gasteiger partial charge < -0.3 is 14.3 Å². The molecule has 1 N–H and O–H groups in total. The van der Waals surface area contributed by atoms with E-state index in [0.29, 0.717) is 34.3 Å². The highest BCUT2D eigenvalue weighted by Gasteiger charge is 2.26. The van der Waals surface area contributed by atoms with E-state index in [1.54, 1.807) is 46.6 Å². The molecule has 0 spiro atoms. The fourth-order valence-corrected chi connectivity index (χ4v) is 4.90. The summed E-state index contributed by atoms with van der Waals surface area (Å²) in [5.41, 5.74) is 1.64. The standard InChI is InChI=1S/C24H24F2N4O/c1-13-6-19(7-14(2)27-13)30-5-4-16-8-17(9-20(25)22(16)24(30)31)18-10-21(26)23-28-15(3)11-29(23)12-18/h4-5,8-14,19,27H,6-7H2,1-3H3/t13-,14+,19?. The van der Waals surface area contributed by atoms with Crippen molar-refractivity contribution >= 4 is 16.4 Å². The topological polar surface area (TPSA) is 51.3 Å². The van der Waals surface area contributed by atoms with Crippen LogP contribution in [0.3, 0.4) is 0 Å². The van der Waals surface area contributed by atoms with Gasteiger partial charge in [0, 0.05) is 42.3 Å². The first-order valence-corrected chi connectivity index (χ1v) is 10.6. The lowest BCUT2D eigenvalue weighted by atomic mass is 9.94. The first kappa shape index (κ1) is 19.9. The van der Waals surface area contributed by atoms with E-state index in [4.69, 9.17) is 0 Å². The number of fused-ring (bicyclic) bond motifs is 2. The molecule has 5 nitrogen and oxygen atoms in total. The Morgan fingerprint density at radius 2 is 1.74 bits per heavy atom. The van der Waals surface area contributed by atoms with Crippen LogP contribution < -0.4 is 10.9 Å². The van der Waals surface area contributed by atoms with Crippen LogP contribution in [-0.4, -0.2) is 26.0 Å². The van der Waals surface area contributed by atoms with Crippen molar-refractivity contribution in [1.29, 1.82) is 0 Å². The van der Waals surface area contributed by atoms with Gasteiger partial charge in [0.15, 0.2) is 11.5 Å². The second-order valence-corrected chi connectivity index (χ2v) is 8.73. The molecule has 3 aromatic heterocycles. The molecular weight excluding hydrogens is 398 g/mol. The Kier molecular flexibility index (Phi) is 4.66. The summed E-state index contributed by atoms with van der Waals surface area (Å²) in [6.07, 6.45) is 6.83. The van der Waals surface area contributed by atoms with E-state index in [9.17, 15) is 9.18 Å². The number of benzene rings is 1. The fourth-order valence-electron chi connectivity index (χ4n) is 4.90. The molecule has 1 aromatic carbocycles. The largest absolute Gasteiger partial charge is 0.312 e. The monoisotopic (exact) mass is 422 g/mol. The van der Waals surface area contributed by atoms with Gasteiger partial charge in [-0.1, -0.05) is 0 Å². The minimum Gasteiger partial charge on any atom is -0.312 e. The number of nitrogens with zero attached hydrogens (tertiary/aromatic N) is 3. The number of aromatic nitrogens is 3. The van der Waals surface area contributed by atoms with Crippen LogP contribution in [0, 0.1) is 18.6 Å². The lowest BCUT2D eigenvalue weighted by Gasteiger charge is -2.34. The molecule has 1 aliphatic rings. The van der Waals surface area contributed by atoms with Crippen molar-refractivity contribution in [2.75, 3.05) is 0 Å². The molecule has 31 heavy (non-hydrogen) atoms. The summed E-state index contributed by atoms with van der Waals surface area (Å²) in [7, 11) is 0. The molecule has 1 unspecified atom stereocenters. The maximum atomic E-state index is 15.2. The zero-order valence-electron chi connectivity index (χ0n) is 17.7. The van der Waals surface area contributed by atoms with E-state index in [1.165, 1.54) is 12.1 Å². The molecule has 3 atom stereocenters. The van der Waals surface area contributed by atoms with E-state index in [-0.39, 0.29) is 22.6 Å². The Labute approximate surface area is 178 Å². The van der Waals surface area contributed by atoms with Gasteiger partial charge in [-0.2, -0.15) is 0 Å². The number of aryl methyl sites for hydroxylation is 1. The molecule has 5 rings (SSSR count). The van der Waals surface area contributed by atoms with Crippen LogP contribution in [0.5, 0.6) is 0 Å². The zero-order chi connectivity index (χ0) is 21.9. The highest BCUT2D eigenvalue weighted by Crippen LogP contribution is 2.29. The second-order valence-electron chi connectivity index (χ2n) is 8.73. The molecule has 160 valence electrons. The smallest absolute Gasteiger partial charge is 0.261 e. The molecule has 0 aliphatic carbocycles.